The third-order valence-electron chi connectivity index (χ3n) is 7.69. The second-order valence-corrected chi connectivity index (χ2v) is 10.9. The molecule has 0 atom stereocenters. The van der Waals surface area contributed by atoms with E-state index in [1.807, 2.05) is 35.9 Å². The Bertz CT molecular complexity index is 2390. The Morgan fingerprint density at radius 1 is 0.898 bits per heavy atom. The Morgan fingerprint density at radius 2 is 1.69 bits per heavy atom. The number of rotatable bonds is 9. The second-order valence-electron chi connectivity index (χ2n) is 10.9. The van der Waals surface area contributed by atoms with Gasteiger partial charge in [-0.3, -0.25) is 9.59 Å². The van der Waals surface area contributed by atoms with E-state index in [9.17, 15) is 14.0 Å². The third-order valence-corrected chi connectivity index (χ3v) is 7.69. The minimum Gasteiger partial charge on any atom is -0.497 e. The van der Waals surface area contributed by atoms with Crippen molar-refractivity contribution in [1.29, 1.82) is 0 Å². The Labute approximate surface area is 276 Å². The number of methoxy groups -OCH3 is 1. The SMILES string of the molecule is COc1ccc(Cn2nc(-c3nccn3C)c3c(Oc4ccc(NC(=O)c5ccnn(-c6ccc(F)cc6)c5=O)cc4F)ccnc32)cc1. The van der Waals surface area contributed by atoms with Gasteiger partial charge in [0.05, 0.1) is 24.7 Å². The first-order valence-electron chi connectivity index (χ1n) is 14.9. The van der Waals surface area contributed by atoms with Gasteiger partial charge in [-0.15, -0.1) is 0 Å². The molecule has 4 heterocycles. The number of carbonyl (C=O) groups is 1. The lowest BCUT2D eigenvalue weighted by Crippen LogP contribution is -2.29. The number of nitrogens with one attached hydrogen (secondary N) is 1. The highest BCUT2D eigenvalue weighted by Gasteiger charge is 2.22. The Hall–Kier alpha value is -6.70. The highest BCUT2D eigenvalue weighted by atomic mass is 19.1. The van der Waals surface area contributed by atoms with E-state index in [-0.39, 0.29) is 28.4 Å². The zero-order valence-electron chi connectivity index (χ0n) is 26.0. The quantitative estimate of drug-likeness (QED) is 0.207. The van der Waals surface area contributed by atoms with E-state index in [0.717, 1.165) is 22.1 Å². The van der Waals surface area contributed by atoms with Crippen LogP contribution in [0.25, 0.3) is 28.2 Å². The Balaban J connectivity index is 1.17. The Morgan fingerprint density at radius 3 is 2.41 bits per heavy atom. The normalized spacial score (nSPS) is 11.1. The lowest BCUT2D eigenvalue weighted by molar-refractivity contribution is 0.102. The van der Waals surface area contributed by atoms with Crippen molar-refractivity contribution in [2.75, 3.05) is 12.4 Å². The minimum absolute atomic E-state index is 0.0836. The van der Waals surface area contributed by atoms with Crippen LogP contribution in [0.1, 0.15) is 15.9 Å². The molecule has 1 N–H and O–H groups in total. The number of hydrogen-bond acceptors (Lipinski definition) is 8. The third kappa shape index (κ3) is 6.10. The number of imidazole rings is 1. The molecule has 0 saturated heterocycles. The topological polar surface area (TPSA) is 131 Å². The van der Waals surface area contributed by atoms with Crippen molar-refractivity contribution < 1.29 is 23.0 Å². The van der Waals surface area contributed by atoms with Crippen LogP contribution in [0.15, 0.2) is 108 Å². The van der Waals surface area contributed by atoms with Gasteiger partial charge in [-0.25, -0.2) is 23.4 Å². The number of ether oxygens (including phenoxy) is 2. The zero-order chi connectivity index (χ0) is 34.1. The highest BCUT2D eigenvalue weighted by Crippen LogP contribution is 2.37. The molecule has 0 aliphatic rings. The van der Waals surface area contributed by atoms with Crippen molar-refractivity contribution in [3.05, 3.63) is 137 Å². The average Bonchev–Trinajstić information content (AvgIpc) is 3.70. The molecule has 7 aromatic rings. The summed E-state index contributed by atoms with van der Waals surface area (Å²) in [6, 6.07) is 19.4. The summed E-state index contributed by atoms with van der Waals surface area (Å²) < 4.78 is 44.8. The van der Waals surface area contributed by atoms with E-state index >= 15 is 4.39 Å². The van der Waals surface area contributed by atoms with Crippen molar-refractivity contribution in [1.82, 2.24) is 34.1 Å². The molecule has 244 valence electrons. The van der Waals surface area contributed by atoms with Crippen LogP contribution in [-0.2, 0) is 13.6 Å². The molecule has 3 aromatic carbocycles. The number of aromatic nitrogens is 7. The fourth-order valence-electron chi connectivity index (χ4n) is 5.25. The minimum atomic E-state index is -0.781. The van der Waals surface area contributed by atoms with Crippen LogP contribution in [0.3, 0.4) is 0 Å². The molecule has 0 spiro atoms. The second kappa shape index (κ2) is 12.8. The van der Waals surface area contributed by atoms with Gasteiger partial charge in [0.2, 0.25) is 0 Å². The predicted molar refractivity (Wildman–Crippen MR) is 176 cm³/mol. The van der Waals surface area contributed by atoms with Crippen molar-refractivity contribution >= 4 is 22.6 Å². The molecule has 1 amide bonds. The van der Waals surface area contributed by atoms with E-state index in [2.05, 4.69) is 20.4 Å². The lowest BCUT2D eigenvalue weighted by Gasteiger charge is -2.11. The standard InChI is InChI=1S/C35H26F2N8O4/c1-43-18-17-39-33(43)31-30-29(14-15-38-32(30)44(42-31)20-21-3-10-25(48-2)11-4-21)49-28-12-7-23(19-27(28)37)41-34(46)26-13-16-40-45(35(26)47)24-8-5-22(36)6-9-24/h3-19H,20H2,1-2H3,(H,41,46). The summed E-state index contributed by atoms with van der Waals surface area (Å²) in [5.74, 6) is -0.584. The van der Waals surface area contributed by atoms with Crippen molar-refractivity contribution in [3.8, 4) is 34.5 Å². The van der Waals surface area contributed by atoms with Crippen molar-refractivity contribution in [2.24, 2.45) is 7.05 Å². The Kier molecular flexibility index (Phi) is 8.10. The number of fused-ring (bicyclic) bond motifs is 1. The lowest BCUT2D eigenvalue weighted by atomic mass is 10.2. The van der Waals surface area contributed by atoms with Crippen LogP contribution < -0.4 is 20.3 Å². The molecule has 0 saturated carbocycles. The summed E-state index contributed by atoms with van der Waals surface area (Å²) in [5, 5.41) is 11.9. The summed E-state index contributed by atoms with van der Waals surface area (Å²) in [6.45, 7) is 0.385. The number of amides is 1. The molecular weight excluding hydrogens is 634 g/mol. The molecule has 0 fully saturated rings. The number of nitrogens with zero attached hydrogens (tertiary/aromatic N) is 7. The number of hydrogen-bond donors (Lipinski definition) is 1. The van der Waals surface area contributed by atoms with Gasteiger partial charge >= 0.3 is 0 Å². The smallest absolute Gasteiger partial charge is 0.284 e. The first kappa shape index (κ1) is 30.9. The fourth-order valence-corrected chi connectivity index (χ4v) is 5.25. The van der Waals surface area contributed by atoms with E-state index in [4.69, 9.17) is 14.6 Å². The monoisotopic (exact) mass is 660 g/mol. The number of anilines is 1. The number of carbonyl (C=O) groups excluding carboxylic acids is 1. The summed E-state index contributed by atoms with van der Waals surface area (Å²) in [4.78, 5) is 35.1. The summed E-state index contributed by atoms with van der Waals surface area (Å²) in [7, 11) is 3.44. The van der Waals surface area contributed by atoms with Crippen molar-refractivity contribution in [3.63, 3.8) is 0 Å². The van der Waals surface area contributed by atoms with Gasteiger partial charge < -0.3 is 19.4 Å². The molecule has 0 unspecified atom stereocenters. The van der Waals surface area contributed by atoms with Crippen LogP contribution in [0, 0.1) is 11.6 Å². The average molecular weight is 661 g/mol. The van der Waals surface area contributed by atoms with Gasteiger partial charge in [0, 0.05) is 43.6 Å². The van der Waals surface area contributed by atoms with Crippen molar-refractivity contribution in [2.45, 2.75) is 6.54 Å². The summed E-state index contributed by atoms with van der Waals surface area (Å²) in [6.07, 6.45) is 6.26. The number of halogens is 2. The molecule has 12 nitrogen and oxygen atoms in total. The highest BCUT2D eigenvalue weighted by molar-refractivity contribution is 6.04. The van der Waals surface area contributed by atoms with Crippen LogP contribution >= 0.6 is 0 Å². The van der Waals surface area contributed by atoms with Gasteiger partial charge in [0.15, 0.2) is 23.0 Å². The van der Waals surface area contributed by atoms with Crippen LogP contribution in [0.2, 0.25) is 0 Å². The van der Waals surface area contributed by atoms with E-state index < -0.39 is 23.1 Å². The molecule has 7 rings (SSSR count). The van der Waals surface area contributed by atoms with Gasteiger partial charge in [0.25, 0.3) is 11.5 Å². The first-order valence-corrected chi connectivity index (χ1v) is 14.9. The molecular formula is C35H26F2N8O4. The number of benzene rings is 3. The molecule has 0 aliphatic heterocycles. The molecule has 0 aliphatic carbocycles. The molecule has 49 heavy (non-hydrogen) atoms. The largest absolute Gasteiger partial charge is 0.497 e. The molecule has 14 heteroatoms. The van der Waals surface area contributed by atoms with E-state index in [0.29, 0.717) is 29.1 Å². The van der Waals surface area contributed by atoms with Gasteiger partial charge in [-0.2, -0.15) is 14.9 Å². The van der Waals surface area contributed by atoms with Crippen LogP contribution in [0.4, 0.5) is 14.5 Å². The van der Waals surface area contributed by atoms with E-state index in [1.165, 1.54) is 48.7 Å². The van der Waals surface area contributed by atoms with Gasteiger partial charge in [-0.1, -0.05) is 12.1 Å². The summed E-state index contributed by atoms with van der Waals surface area (Å²) in [5.41, 5.74) is 1.33. The maximum Gasteiger partial charge on any atom is 0.284 e. The maximum absolute atomic E-state index is 15.5. The maximum atomic E-state index is 15.5. The summed E-state index contributed by atoms with van der Waals surface area (Å²) >= 11 is 0. The first-order chi connectivity index (χ1) is 23.8. The van der Waals surface area contributed by atoms with Crippen LogP contribution in [0.5, 0.6) is 17.2 Å². The fraction of sp³-hybridized carbons (Fsp3) is 0.0857. The molecule has 0 radical (unpaired) electrons. The molecule has 4 aromatic heterocycles. The van der Waals surface area contributed by atoms with Gasteiger partial charge in [-0.05, 0) is 66.2 Å². The van der Waals surface area contributed by atoms with Crippen LogP contribution in [-0.4, -0.2) is 47.1 Å². The zero-order valence-corrected chi connectivity index (χ0v) is 26.0. The predicted octanol–water partition coefficient (Wildman–Crippen LogP) is 5.76. The molecule has 0 bridgehead atoms. The van der Waals surface area contributed by atoms with Gasteiger partial charge in [0.1, 0.15) is 28.6 Å². The van der Waals surface area contributed by atoms with E-state index in [1.54, 1.807) is 36.4 Å². The number of pyridine rings is 1. The number of aryl methyl sites for hydroxylation is 1.